The molecule has 0 aromatic rings. The van der Waals surface area contributed by atoms with Crippen LogP contribution in [0.5, 0.6) is 0 Å². The second-order valence-electron chi connectivity index (χ2n) is 1.73. The molecule has 66 valence electrons. The average molecular weight is 245 g/mol. The monoisotopic (exact) mass is 245 g/mol. The van der Waals surface area contributed by atoms with Crippen molar-refractivity contribution < 1.29 is 21.8 Å². The Kier molecular flexibility index (Phi) is 4.20. The summed E-state index contributed by atoms with van der Waals surface area (Å²) in [5, 5.41) is 8.19. The molecule has 0 saturated heterocycles. The number of aliphatic carboxylic acids is 1. The summed E-state index contributed by atoms with van der Waals surface area (Å²) >= 11 is -4.75. The number of carboxylic acids is 1. The Morgan fingerprint density at radius 3 is 2.36 bits per heavy atom. The Morgan fingerprint density at radius 1 is 1.64 bits per heavy atom. The molecular formula is C3H8AsNO5S. The van der Waals surface area contributed by atoms with Gasteiger partial charge in [-0.25, -0.2) is 0 Å². The molecule has 5 N–H and O–H groups in total. The molecule has 0 aliphatic carbocycles. The Hall–Kier alpha value is 0.0584. The summed E-state index contributed by atoms with van der Waals surface area (Å²) in [6, 6.07) is -1.21. The van der Waals surface area contributed by atoms with Gasteiger partial charge in [-0.3, -0.25) is 0 Å². The maximum absolute atomic E-state index is 10.2. The second kappa shape index (κ2) is 4.18. The van der Waals surface area contributed by atoms with Crippen LogP contribution >= 0.6 is 10.0 Å². The number of carbonyl (C=O) groups is 1. The van der Waals surface area contributed by atoms with Crippen molar-refractivity contribution in [2.24, 2.45) is 5.73 Å². The molecule has 0 aromatic heterocycles. The van der Waals surface area contributed by atoms with Crippen LogP contribution in [0.2, 0.25) is 0 Å². The minimum absolute atomic E-state index is 0.265. The second-order valence-corrected chi connectivity index (χ2v) is 8.48. The zero-order chi connectivity index (χ0) is 9.07. The van der Waals surface area contributed by atoms with E-state index in [-0.39, 0.29) is 5.75 Å². The molecule has 1 atom stereocenters. The molecule has 0 spiro atoms. The van der Waals surface area contributed by atoms with Gasteiger partial charge in [0.05, 0.1) is 0 Å². The van der Waals surface area contributed by atoms with Crippen LogP contribution in [0.15, 0.2) is 0 Å². The maximum atomic E-state index is 10.2. The predicted molar refractivity (Wildman–Crippen MR) is 38.9 cm³/mol. The number of hydrogen-bond donors (Lipinski definition) is 4. The summed E-state index contributed by atoms with van der Waals surface area (Å²) in [5.74, 6) is -1.53. The summed E-state index contributed by atoms with van der Waals surface area (Å²) in [6.07, 6.45) is 0. The van der Waals surface area contributed by atoms with Crippen molar-refractivity contribution in [2.45, 2.75) is 6.04 Å². The van der Waals surface area contributed by atoms with Gasteiger partial charge in [0.25, 0.3) is 0 Å². The van der Waals surface area contributed by atoms with Gasteiger partial charge in [0.2, 0.25) is 0 Å². The molecule has 0 bridgehead atoms. The van der Waals surface area contributed by atoms with Gasteiger partial charge >= 0.3 is 68.4 Å². The van der Waals surface area contributed by atoms with Crippen molar-refractivity contribution in [3.05, 3.63) is 0 Å². The Morgan fingerprint density at radius 2 is 2.09 bits per heavy atom. The van der Waals surface area contributed by atoms with Gasteiger partial charge < -0.3 is 0 Å². The first-order valence-electron chi connectivity index (χ1n) is 2.51. The van der Waals surface area contributed by atoms with Crippen LogP contribution < -0.4 is 5.73 Å². The third kappa shape index (κ3) is 6.46. The molecule has 0 radical (unpaired) electrons. The molecule has 0 aliphatic rings. The summed E-state index contributed by atoms with van der Waals surface area (Å²) in [4.78, 5) is 10.0. The van der Waals surface area contributed by atoms with E-state index in [0.717, 1.165) is 0 Å². The van der Waals surface area contributed by atoms with Gasteiger partial charge in [0, 0.05) is 0 Å². The number of carboxylic acid groups (broad SMARTS) is 1. The van der Waals surface area contributed by atoms with Crippen LogP contribution in [0, 0.1) is 0 Å². The van der Waals surface area contributed by atoms with Gasteiger partial charge in [-0.15, -0.1) is 0 Å². The quantitative estimate of drug-likeness (QED) is 0.422. The predicted octanol–water partition coefficient (Wildman–Crippen LogP) is -2.02. The number of hydrogen-bond acceptors (Lipinski definition) is 4. The van der Waals surface area contributed by atoms with Crippen molar-refractivity contribution >= 4 is 29.0 Å². The van der Waals surface area contributed by atoms with Gasteiger partial charge in [0.15, 0.2) is 0 Å². The van der Waals surface area contributed by atoms with Crippen LogP contribution in [-0.4, -0.2) is 44.1 Å². The molecule has 8 heteroatoms. The van der Waals surface area contributed by atoms with Gasteiger partial charge in [-0.05, 0) is 0 Å². The van der Waals surface area contributed by atoms with E-state index in [2.05, 4.69) is 0 Å². The van der Waals surface area contributed by atoms with E-state index in [0.29, 0.717) is 10.0 Å². The van der Waals surface area contributed by atoms with E-state index in [1.165, 1.54) is 0 Å². The van der Waals surface area contributed by atoms with Crippen molar-refractivity contribution in [3.63, 3.8) is 0 Å². The zero-order valence-corrected chi connectivity index (χ0v) is 8.07. The molecule has 0 fully saturated rings. The molecular weight excluding hydrogens is 237 g/mol. The SMILES string of the molecule is NC(CS[As](=O)(O)O)C(=O)O. The van der Waals surface area contributed by atoms with Crippen LogP contribution in [0.1, 0.15) is 0 Å². The fraction of sp³-hybridized carbons (Fsp3) is 0.667. The standard InChI is InChI=1S/C3H8AsNO5S/c5-2(3(6)7)1-11-4(8,9)10/h2H,1,5H2,(H,6,7)(H2,8,9,10). The molecule has 0 aliphatic heterocycles. The molecule has 0 aromatic carbocycles. The van der Waals surface area contributed by atoms with Crippen LogP contribution in [0.3, 0.4) is 0 Å². The van der Waals surface area contributed by atoms with Crippen LogP contribution in [-0.2, 0) is 8.53 Å². The van der Waals surface area contributed by atoms with E-state index in [1.54, 1.807) is 0 Å². The Labute approximate surface area is 68.8 Å². The molecule has 0 heterocycles. The van der Waals surface area contributed by atoms with E-state index in [4.69, 9.17) is 19.0 Å². The normalized spacial score (nSPS) is 14.5. The van der Waals surface area contributed by atoms with Crippen LogP contribution in [0.25, 0.3) is 0 Å². The minimum atomic E-state index is -4.75. The summed E-state index contributed by atoms with van der Waals surface area (Å²) in [6.45, 7) is 0. The van der Waals surface area contributed by atoms with Crippen molar-refractivity contribution in [1.29, 1.82) is 0 Å². The molecule has 11 heavy (non-hydrogen) atoms. The molecule has 6 nitrogen and oxygen atoms in total. The summed E-state index contributed by atoms with van der Waals surface area (Å²) in [7, 11) is 0.292. The fourth-order valence-corrected chi connectivity index (χ4v) is 2.98. The van der Waals surface area contributed by atoms with E-state index in [9.17, 15) is 8.53 Å². The topological polar surface area (TPSA) is 121 Å². The van der Waals surface area contributed by atoms with Crippen LogP contribution in [0.4, 0.5) is 0 Å². The first-order chi connectivity index (χ1) is 4.83. The Balaban J connectivity index is 3.72. The third-order valence-corrected chi connectivity index (χ3v) is 4.64. The van der Waals surface area contributed by atoms with E-state index in [1.807, 2.05) is 0 Å². The first-order valence-corrected chi connectivity index (χ1v) is 8.20. The zero-order valence-electron chi connectivity index (χ0n) is 5.38. The van der Waals surface area contributed by atoms with Gasteiger partial charge in [-0.2, -0.15) is 0 Å². The van der Waals surface area contributed by atoms with Crippen molar-refractivity contribution in [2.75, 3.05) is 5.75 Å². The fourth-order valence-electron chi connectivity index (χ4n) is 0.249. The van der Waals surface area contributed by atoms with Gasteiger partial charge in [-0.1, -0.05) is 0 Å². The summed E-state index contributed by atoms with van der Waals surface area (Å²) in [5.41, 5.74) is 4.97. The number of nitrogens with two attached hydrogens (primary N) is 1. The van der Waals surface area contributed by atoms with E-state index >= 15 is 0 Å². The molecule has 0 saturated carbocycles. The third-order valence-electron chi connectivity index (χ3n) is 0.739. The van der Waals surface area contributed by atoms with Crippen molar-refractivity contribution in [1.82, 2.24) is 0 Å². The molecule has 1 unspecified atom stereocenters. The first kappa shape index (κ1) is 11.1. The molecule has 0 amide bonds. The molecule has 0 rings (SSSR count). The van der Waals surface area contributed by atoms with E-state index < -0.39 is 25.0 Å². The average Bonchev–Trinajstić information content (AvgIpc) is 1.80. The van der Waals surface area contributed by atoms with Crippen molar-refractivity contribution in [3.8, 4) is 0 Å². The Bertz CT molecular complexity index is 190. The summed E-state index contributed by atoms with van der Waals surface area (Å²) < 4.78 is 26.9. The number of rotatable bonds is 4. The van der Waals surface area contributed by atoms with Gasteiger partial charge in [0.1, 0.15) is 0 Å².